The largest absolute Gasteiger partial charge is 0.310 e. The van der Waals surface area contributed by atoms with Gasteiger partial charge in [-0.3, -0.25) is 0 Å². The molecule has 5 heteroatoms. The first-order valence-corrected chi connectivity index (χ1v) is 21.4. The number of halogens is 1. The van der Waals surface area contributed by atoms with Crippen LogP contribution in [0.1, 0.15) is 0 Å². The minimum Gasteiger partial charge on any atom is -0.310 e. The second kappa shape index (κ2) is 14.5. The molecule has 1 aromatic heterocycles. The molecule has 0 amide bonds. The molecule has 0 saturated carbocycles. The Morgan fingerprint density at radius 2 is 0.983 bits per heavy atom. The molecule has 0 atom stereocenters. The quantitative estimate of drug-likeness (QED) is 0.0853. The van der Waals surface area contributed by atoms with Crippen molar-refractivity contribution in [2.24, 2.45) is 0 Å². The highest BCUT2D eigenvalue weighted by atomic mass is 28.3. The van der Waals surface area contributed by atoms with Gasteiger partial charge in [0.25, 0.3) is 0 Å². The third kappa shape index (κ3) is 5.78. The summed E-state index contributed by atoms with van der Waals surface area (Å²) in [5.74, 6) is -0.270. The Morgan fingerprint density at radius 1 is 0.448 bits per heavy atom. The van der Waals surface area contributed by atoms with E-state index >= 15 is 0 Å². The zero-order valence-corrected chi connectivity index (χ0v) is 32.5. The molecule has 1 heterocycles. The molecule has 58 heavy (non-hydrogen) atoms. The fourth-order valence-electron chi connectivity index (χ4n) is 8.82. The smallest absolute Gasteiger partial charge is 0.187 e. The average Bonchev–Trinajstić information content (AvgIpc) is 3.61. The highest BCUT2D eigenvalue weighted by molar-refractivity contribution is 7.20. The number of hydrogen-bond acceptors (Lipinski definition) is 1. The summed E-state index contributed by atoms with van der Waals surface area (Å²) < 4.78 is 16.7. The minimum atomic E-state index is -2.86. The molecule has 10 aromatic rings. The van der Waals surface area contributed by atoms with Gasteiger partial charge < -0.3 is 9.47 Å². The number of aromatic nitrogens is 1. The van der Waals surface area contributed by atoms with Crippen LogP contribution in [0.2, 0.25) is 0 Å². The van der Waals surface area contributed by atoms with Gasteiger partial charge in [0.05, 0.1) is 23.3 Å². The van der Waals surface area contributed by atoms with E-state index in [1.807, 2.05) is 36.4 Å². The van der Waals surface area contributed by atoms with Gasteiger partial charge >= 0.3 is 0 Å². The Bertz CT molecular complexity index is 3020. The first-order valence-electron chi connectivity index (χ1n) is 19.4. The number of rotatable bonds is 8. The Hall–Kier alpha value is -7.52. The summed E-state index contributed by atoms with van der Waals surface area (Å²) in [5.41, 5.74) is 6.53. The fourth-order valence-corrected chi connectivity index (χ4v) is 13.6. The van der Waals surface area contributed by atoms with Crippen LogP contribution < -0.4 is 25.6 Å². The van der Waals surface area contributed by atoms with Gasteiger partial charge in [0.15, 0.2) is 13.8 Å². The van der Waals surface area contributed by atoms with Crippen LogP contribution >= 0.6 is 0 Å². The lowest BCUT2D eigenvalue weighted by Crippen LogP contribution is -2.74. The van der Waals surface area contributed by atoms with Gasteiger partial charge in [-0.1, -0.05) is 152 Å². The molecule has 0 spiro atoms. The van der Waals surface area contributed by atoms with E-state index in [2.05, 4.69) is 184 Å². The molecule has 0 unspecified atom stereocenters. The van der Waals surface area contributed by atoms with Gasteiger partial charge in [0.2, 0.25) is 0 Å². The van der Waals surface area contributed by atoms with Crippen molar-refractivity contribution in [2.75, 3.05) is 4.90 Å². The van der Waals surface area contributed by atoms with Gasteiger partial charge in [0.1, 0.15) is 5.82 Å². The number of nitrogens with zero attached hydrogens (tertiary/aromatic N) is 3. The van der Waals surface area contributed by atoms with Crippen LogP contribution in [0.25, 0.3) is 43.1 Å². The Balaban J connectivity index is 1.29. The molecule has 0 aliphatic heterocycles. The van der Waals surface area contributed by atoms with Gasteiger partial charge in [-0.2, -0.15) is 0 Å². The lowest BCUT2D eigenvalue weighted by Gasteiger charge is -2.34. The number of benzene rings is 9. The summed E-state index contributed by atoms with van der Waals surface area (Å²) in [6.45, 7) is 7.63. The molecule has 0 fully saturated rings. The lowest BCUT2D eigenvalue weighted by molar-refractivity contribution is 0.627. The van der Waals surface area contributed by atoms with Crippen molar-refractivity contribution >= 4 is 84.1 Å². The predicted molar refractivity (Wildman–Crippen MR) is 243 cm³/mol. The Labute approximate surface area is 338 Å². The maximum absolute atomic E-state index is 14.4. The van der Waals surface area contributed by atoms with Crippen molar-refractivity contribution in [1.82, 2.24) is 4.57 Å². The molecule has 0 aliphatic rings. The zero-order chi connectivity index (χ0) is 39.1. The minimum absolute atomic E-state index is 0.270. The van der Waals surface area contributed by atoms with E-state index in [-0.39, 0.29) is 5.82 Å². The van der Waals surface area contributed by atoms with Crippen molar-refractivity contribution in [3.63, 3.8) is 0 Å². The van der Waals surface area contributed by atoms with E-state index in [9.17, 15) is 4.39 Å². The molecular formula is C53H36FN3Si. The van der Waals surface area contributed by atoms with E-state index in [1.165, 1.54) is 32.9 Å². The van der Waals surface area contributed by atoms with Crippen LogP contribution in [0.5, 0.6) is 0 Å². The molecule has 3 nitrogen and oxygen atoms in total. The van der Waals surface area contributed by atoms with Gasteiger partial charge in [-0.15, -0.1) is 0 Å². The van der Waals surface area contributed by atoms with Crippen molar-refractivity contribution < 1.29 is 4.39 Å². The first-order chi connectivity index (χ1) is 28.6. The third-order valence-corrected chi connectivity index (χ3v) is 16.2. The number of hydrogen-bond donors (Lipinski definition) is 0. The third-order valence-electron chi connectivity index (χ3n) is 11.4. The summed E-state index contributed by atoms with van der Waals surface area (Å²) in [6.07, 6.45) is 0. The van der Waals surface area contributed by atoms with Gasteiger partial charge in [-0.25, -0.2) is 9.24 Å². The maximum atomic E-state index is 14.4. The SMILES string of the molecule is [C-]#[N+]c1ccc(N(c2ccc3c(c2)c2cc([Si](c4ccccc4)(c4ccccc4)c4ccccc4)ccc2n3-c2ccc(F)cc2)c2cccc3ccccc23)cc1. The Kier molecular flexibility index (Phi) is 8.75. The average molecular weight is 762 g/mol. The van der Waals surface area contributed by atoms with E-state index in [1.54, 1.807) is 0 Å². The molecule has 0 saturated heterocycles. The zero-order valence-electron chi connectivity index (χ0n) is 31.5. The maximum Gasteiger partial charge on any atom is 0.187 e. The van der Waals surface area contributed by atoms with Gasteiger partial charge in [-0.05, 0) is 92.9 Å². The fraction of sp³-hybridized carbons (Fsp3) is 0. The van der Waals surface area contributed by atoms with E-state index < -0.39 is 8.07 Å². The molecule has 0 radical (unpaired) electrons. The van der Waals surface area contributed by atoms with Crippen molar-refractivity contribution in [3.8, 4) is 5.69 Å². The summed E-state index contributed by atoms with van der Waals surface area (Å²) in [5, 5.41) is 9.65. The molecule has 9 aromatic carbocycles. The second-order valence-corrected chi connectivity index (χ2v) is 18.4. The molecule has 0 N–H and O–H groups in total. The van der Waals surface area contributed by atoms with E-state index in [0.29, 0.717) is 5.69 Å². The van der Waals surface area contributed by atoms with E-state index in [4.69, 9.17) is 6.57 Å². The van der Waals surface area contributed by atoms with Crippen LogP contribution in [0.3, 0.4) is 0 Å². The second-order valence-electron chi connectivity index (χ2n) is 14.6. The first kappa shape index (κ1) is 34.9. The predicted octanol–water partition coefficient (Wildman–Crippen LogP) is 11.5. The molecule has 274 valence electrons. The number of anilines is 3. The summed E-state index contributed by atoms with van der Waals surface area (Å²) in [6, 6.07) is 76.0. The molecule has 0 aliphatic carbocycles. The molecular weight excluding hydrogens is 726 g/mol. The van der Waals surface area contributed by atoms with Crippen molar-refractivity contribution in [2.45, 2.75) is 0 Å². The molecule has 0 bridgehead atoms. The summed E-state index contributed by atoms with van der Waals surface area (Å²) in [4.78, 5) is 5.97. The summed E-state index contributed by atoms with van der Waals surface area (Å²) >= 11 is 0. The normalized spacial score (nSPS) is 11.5. The highest BCUT2D eigenvalue weighted by Gasteiger charge is 2.41. The van der Waals surface area contributed by atoms with Crippen LogP contribution in [-0.4, -0.2) is 12.6 Å². The van der Waals surface area contributed by atoms with Crippen LogP contribution in [0.15, 0.2) is 218 Å². The Morgan fingerprint density at radius 3 is 1.60 bits per heavy atom. The van der Waals surface area contributed by atoms with Crippen LogP contribution in [0, 0.1) is 12.4 Å². The lowest BCUT2D eigenvalue weighted by atomic mass is 10.1. The van der Waals surface area contributed by atoms with Crippen molar-refractivity contribution in [3.05, 3.63) is 236 Å². The topological polar surface area (TPSA) is 12.5 Å². The van der Waals surface area contributed by atoms with Crippen LogP contribution in [0.4, 0.5) is 27.1 Å². The van der Waals surface area contributed by atoms with E-state index in [0.717, 1.165) is 55.3 Å². The van der Waals surface area contributed by atoms with Crippen LogP contribution in [-0.2, 0) is 0 Å². The molecule has 10 rings (SSSR count). The monoisotopic (exact) mass is 761 g/mol. The number of fused-ring (bicyclic) bond motifs is 4. The van der Waals surface area contributed by atoms with Crippen molar-refractivity contribution in [1.29, 1.82) is 0 Å². The van der Waals surface area contributed by atoms with Gasteiger partial charge in [0, 0.05) is 33.2 Å². The summed E-state index contributed by atoms with van der Waals surface area (Å²) in [7, 11) is -2.86. The highest BCUT2D eigenvalue weighted by Crippen LogP contribution is 2.42. The standard InChI is InChI=1S/C53H36FN3Si/c1-55-40-26-30-41(31-27-40)56(51-23-13-15-38-14-11-12-22-48(38)51)43-32-34-52-49(36-43)50-37-47(33-35-53(50)57(52)42-28-24-39(54)25-29-42)58(44-16-5-2-6-17-44,45-18-7-3-8-19-45)46-20-9-4-10-21-46/h2-37H.